The molecule has 2 aliphatic rings. The zero-order chi connectivity index (χ0) is 24.9. The highest BCUT2D eigenvalue weighted by molar-refractivity contribution is 5.89. The predicted octanol–water partition coefficient (Wildman–Crippen LogP) is 3.17. The number of hydrogen-bond donors (Lipinski definition) is 2. The first-order valence-electron chi connectivity index (χ1n) is 12.1. The maximum absolute atomic E-state index is 13.1. The fourth-order valence-electron chi connectivity index (χ4n) is 5.09. The van der Waals surface area contributed by atoms with Crippen LogP contribution in [0.1, 0.15) is 36.3 Å². The summed E-state index contributed by atoms with van der Waals surface area (Å²) in [5, 5.41) is 11.9. The third kappa shape index (κ3) is 5.82. The molecular weight excluding hydrogens is 446 g/mol. The molecule has 4 rings (SSSR count). The number of rotatable bonds is 9. The quantitative estimate of drug-likeness (QED) is 0.573. The zero-order valence-corrected chi connectivity index (χ0v) is 20.3. The lowest BCUT2D eigenvalue weighted by atomic mass is 9.98. The molecule has 2 amide bonds. The molecule has 2 aromatic carbocycles. The smallest absolute Gasteiger partial charge is 0.407 e. The molecule has 2 N–H and O–H groups in total. The van der Waals surface area contributed by atoms with Crippen LogP contribution in [0.15, 0.2) is 48.5 Å². The van der Waals surface area contributed by atoms with E-state index < -0.39 is 24.5 Å². The summed E-state index contributed by atoms with van der Waals surface area (Å²) in [7, 11) is 4.03. The number of likely N-dealkylation sites (tertiary alicyclic amines) is 1. The number of benzene rings is 2. The summed E-state index contributed by atoms with van der Waals surface area (Å²) in [6, 6.07) is 14.9. The number of alkyl carbamates (subject to hydrolysis) is 1. The summed E-state index contributed by atoms with van der Waals surface area (Å²) >= 11 is 0. The van der Waals surface area contributed by atoms with Crippen LogP contribution in [0.25, 0.3) is 11.1 Å². The number of carboxylic acids is 1. The molecule has 8 nitrogen and oxygen atoms in total. The monoisotopic (exact) mass is 479 g/mol. The summed E-state index contributed by atoms with van der Waals surface area (Å²) in [5.41, 5.74) is 4.41. The van der Waals surface area contributed by atoms with Crippen LogP contribution in [-0.2, 0) is 14.3 Å². The first kappa shape index (κ1) is 24.7. The summed E-state index contributed by atoms with van der Waals surface area (Å²) in [4.78, 5) is 40.9. The van der Waals surface area contributed by atoms with E-state index in [-0.39, 0.29) is 18.4 Å². The van der Waals surface area contributed by atoms with Gasteiger partial charge in [-0.3, -0.25) is 9.59 Å². The molecule has 0 aromatic heterocycles. The van der Waals surface area contributed by atoms with Crippen molar-refractivity contribution in [2.45, 2.75) is 31.2 Å². The van der Waals surface area contributed by atoms with Crippen molar-refractivity contribution in [1.29, 1.82) is 0 Å². The molecule has 2 unspecified atom stereocenters. The van der Waals surface area contributed by atoms with Crippen molar-refractivity contribution in [3.63, 3.8) is 0 Å². The van der Waals surface area contributed by atoms with Crippen LogP contribution >= 0.6 is 0 Å². The third-order valence-corrected chi connectivity index (χ3v) is 6.89. The van der Waals surface area contributed by atoms with Crippen molar-refractivity contribution in [2.75, 3.05) is 40.3 Å². The summed E-state index contributed by atoms with van der Waals surface area (Å²) in [5.74, 6) is -1.25. The minimum absolute atomic E-state index is 0.101. The number of hydrogen-bond acceptors (Lipinski definition) is 5. The average Bonchev–Trinajstić information content (AvgIpc) is 3.43. The summed E-state index contributed by atoms with van der Waals surface area (Å²) < 4.78 is 5.53. The predicted molar refractivity (Wildman–Crippen MR) is 132 cm³/mol. The van der Waals surface area contributed by atoms with Crippen LogP contribution in [-0.4, -0.2) is 79.3 Å². The lowest BCUT2D eigenvalue weighted by molar-refractivity contribution is -0.142. The van der Waals surface area contributed by atoms with Gasteiger partial charge in [-0.15, -0.1) is 0 Å². The number of nitrogens with zero attached hydrogens (tertiary/aromatic N) is 2. The number of nitrogens with one attached hydrogen (secondary N) is 1. The number of amides is 2. The van der Waals surface area contributed by atoms with Gasteiger partial charge in [0.15, 0.2) is 0 Å². The topological polar surface area (TPSA) is 99.2 Å². The molecule has 2 aromatic rings. The van der Waals surface area contributed by atoms with Gasteiger partial charge < -0.3 is 25.0 Å². The standard InChI is InChI=1S/C27H33N3O5/c1-29(2)13-11-18-12-14-30(16-18)26(33)24(15-25(31)32)28-27(34)35-17-23-21-9-5-3-7-19(21)20-8-4-6-10-22(20)23/h3-10,18,23-24H,11-17H2,1-2H3,(H,28,34)(H,31,32). The number of carbonyl (C=O) groups excluding carboxylic acids is 2. The van der Waals surface area contributed by atoms with Crippen molar-refractivity contribution in [3.8, 4) is 11.1 Å². The first-order valence-corrected chi connectivity index (χ1v) is 12.1. The molecule has 1 fully saturated rings. The Labute approximate surface area is 205 Å². The molecule has 35 heavy (non-hydrogen) atoms. The van der Waals surface area contributed by atoms with Gasteiger partial charge in [-0.25, -0.2) is 4.79 Å². The van der Waals surface area contributed by atoms with E-state index in [4.69, 9.17) is 4.74 Å². The second kappa shape index (κ2) is 10.9. The van der Waals surface area contributed by atoms with Gasteiger partial charge in [0.1, 0.15) is 12.6 Å². The van der Waals surface area contributed by atoms with E-state index in [9.17, 15) is 19.5 Å². The van der Waals surface area contributed by atoms with Gasteiger partial charge in [0.25, 0.3) is 0 Å². The Morgan fingerprint density at radius 3 is 2.31 bits per heavy atom. The summed E-state index contributed by atoms with van der Waals surface area (Å²) in [6.07, 6.45) is 0.585. The van der Waals surface area contributed by atoms with Crippen molar-refractivity contribution in [3.05, 3.63) is 59.7 Å². The Kier molecular flexibility index (Phi) is 7.70. The van der Waals surface area contributed by atoms with E-state index in [1.165, 1.54) is 0 Å². The molecule has 0 bridgehead atoms. The van der Waals surface area contributed by atoms with Gasteiger partial charge in [-0.05, 0) is 61.7 Å². The number of aliphatic carboxylic acids is 1. The van der Waals surface area contributed by atoms with E-state index in [0.29, 0.717) is 19.0 Å². The minimum atomic E-state index is -1.16. The van der Waals surface area contributed by atoms with E-state index in [2.05, 4.69) is 22.3 Å². The maximum atomic E-state index is 13.1. The SMILES string of the molecule is CN(C)CCC1CCN(C(=O)C(CC(=O)O)NC(=O)OCC2c3ccccc3-c3ccccc32)C1. The van der Waals surface area contributed by atoms with Gasteiger partial charge >= 0.3 is 12.1 Å². The lowest BCUT2D eigenvalue weighted by Crippen LogP contribution is -2.49. The molecule has 0 spiro atoms. The van der Waals surface area contributed by atoms with Crippen molar-refractivity contribution < 1.29 is 24.2 Å². The van der Waals surface area contributed by atoms with E-state index in [1.807, 2.05) is 50.5 Å². The van der Waals surface area contributed by atoms with E-state index in [0.717, 1.165) is 41.6 Å². The maximum Gasteiger partial charge on any atom is 0.407 e. The van der Waals surface area contributed by atoms with Crippen LogP contribution < -0.4 is 5.32 Å². The van der Waals surface area contributed by atoms with Crippen molar-refractivity contribution in [1.82, 2.24) is 15.1 Å². The van der Waals surface area contributed by atoms with Gasteiger partial charge in [0.2, 0.25) is 5.91 Å². The Balaban J connectivity index is 1.37. The van der Waals surface area contributed by atoms with Gasteiger partial charge in [-0.2, -0.15) is 0 Å². The van der Waals surface area contributed by atoms with E-state index >= 15 is 0 Å². The van der Waals surface area contributed by atoms with Crippen LogP contribution in [0, 0.1) is 5.92 Å². The third-order valence-electron chi connectivity index (χ3n) is 6.89. The molecule has 8 heteroatoms. The Bertz CT molecular complexity index is 1040. The molecule has 186 valence electrons. The molecule has 0 radical (unpaired) electrons. The minimum Gasteiger partial charge on any atom is -0.481 e. The Morgan fingerprint density at radius 2 is 1.71 bits per heavy atom. The number of carboxylic acid groups (broad SMARTS) is 1. The number of ether oxygens (including phenoxy) is 1. The first-order chi connectivity index (χ1) is 16.8. The Morgan fingerprint density at radius 1 is 1.09 bits per heavy atom. The molecule has 1 aliphatic carbocycles. The molecule has 1 saturated heterocycles. The van der Waals surface area contributed by atoms with Gasteiger partial charge in [0.05, 0.1) is 6.42 Å². The summed E-state index contributed by atoms with van der Waals surface area (Å²) in [6.45, 7) is 2.18. The average molecular weight is 480 g/mol. The van der Waals surface area contributed by atoms with Crippen LogP contribution in [0.5, 0.6) is 0 Å². The normalized spacial score (nSPS) is 17.7. The number of carbonyl (C=O) groups is 3. The second-order valence-electron chi connectivity index (χ2n) is 9.65. The molecule has 1 aliphatic heterocycles. The highest BCUT2D eigenvalue weighted by Gasteiger charge is 2.34. The van der Waals surface area contributed by atoms with Gasteiger partial charge in [-0.1, -0.05) is 48.5 Å². The zero-order valence-electron chi connectivity index (χ0n) is 20.3. The molecule has 1 heterocycles. The van der Waals surface area contributed by atoms with Crippen LogP contribution in [0.4, 0.5) is 4.79 Å². The van der Waals surface area contributed by atoms with E-state index in [1.54, 1.807) is 4.90 Å². The Hall–Kier alpha value is -3.39. The van der Waals surface area contributed by atoms with Crippen molar-refractivity contribution >= 4 is 18.0 Å². The number of fused-ring (bicyclic) bond motifs is 3. The second-order valence-corrected chi connectivity index (χ2v) is 9.65. The largest absolute Gasteiger partial charge is 0.481 e. The molecule has 0 saturated carbocycles. The fourth-order valence-corrected chi connectivity index (χ4v) is 5.09. The van der Waals surface area contributed by atoms with Crippen molar-refractivity contribution in [2.24, 2.45) is 5.92 Å². The van der Waals surface area contributed by atoms with Crippen LogP contribution in [0.3, 0.4) is 0 Å². The van der Waals surface area contributed by atoms with Crippen LogP contribution in [0.2, 0.25) is 0 Å². The fraction of sp³-hybridized carbons (Fsp3) is 0.444. The highest BCUT2D eigenvalue weighted by atomic mass is 16.5. The lowest BCUT2D eigenvalue weighted by Gasteiger charge is -2.24. The highest BCUT2D eigenvalue weighted by Crippen LogP contribution is 2.44. The molecular formula is C27H33N3O5. The van der Waals surface area contributed by atoms with Gasteiger partial charge in [0, 0.05) is 19.0 Å². The molecule has 2 atom stereocenters.